The maximum absolute atomic E-state index is 11.3. The molecule has 0 saturated carbocycles. The third kappa shape index (κ3) is 2.82. The van der Waals surface area contributed by atoms with E-state index in [2.05, 4.69) is 10.8 Å². The van der Waals surface area contributed by atoms with Crippen LogP contribution in [0, 0.1) is 0 Å². The topological polar surface area (TPSA) is 86.5 Å². The predicted octanol–water partition coefficient (Wildman–Crippen LogP) is -0.217. The van der Waals surface area contributed by atoms with Gasteiger partial charge in [0.1, 0.15) is 4.75 Å². The summed E-state index contributed by atoms with van der Waals surface area (Å²) in [5.74, 6) is -0.999. The Kier molecular flexibility index (Phi) is 3.62. The maximum Gasteiger partial charge on any atom is 0.345 e. The molecule has 2 N–H and O–H groups in total. The Balaban J connectivity index is 4.79. The van der Waals surface area contributed by atoms with Crippen LogP contribution in [-0.2, 0) is 19.1 Å². The van der Waals surface area contributed by atoms with E-state index >= 15 is 0 Å². The summed E-state index contributed by atoms with van der Waals surface area (Å²) in [6, 6.07) is 0. The minimum atomic E-state index is -3.97. The normalized spacial score (nSPS) is 12.2. The summed E-state index contributed by atoms with van der Waals surface area (Å²) in [6.07, 6.45) is 0.782. The van der Waals surface area contributed by atoms with Crippen LogP contribution >= 0.6 is 0 Å². The van der Waals surface area contributed by atoms with Gasteiger partial charge in [-0.15, -0.1) is 0 Å². The van der Waals surface area contributed by atoms with E-state index in [0.29, 0.717) is 0 Å². The first-order valence-electron chi connectivity index (χ1n) is 3.57. The van der Waals surface area contributed by atoms with E-state index < -0.39 is 20.8 Å². The number of carbonyl (C=O) groups is 1. The lowest BCUT2D eigenvalue weighted by Crippen LogP contribution is -2.41. The summed E-state index contributed by atoms with van der Waals surface area (Å²) in [6.45, 7) is 5.70. The van der Waals surface area contributed by atoms with Crippen molar-refractivity contribution < 1.29 is 17.4 Å². The lowest BCUT2D eigenvalue weighted by Gasteiger charge is -2.20. The molecule has 0 bridgehead atoms. The SMILES string of the molecule is C=CC(=O)OS(=O)(=O)C(C)(C)CN. The highest BCUT2D eigenvalue weighted by Gasteiger charge is 2.36. The molecule has 0 aliphatic heterocycles. The summed E-state index contributed by atoms with van der Waals surface area (Å²) < 4.78 is 25.5. The zero-order valence-corrected chi connectivity index (χ0v) is 8.43. The number of rotatable bonds is 4. The predicted molar refractivity (Wildman–Crippen MR) is 48.3 cm³/mol. The minimum absolute atomic E-state index is 0.125. The number of hydrogen-bond donors (Lipinski definition) is 1. The van der Waals surface area contributed by atoms with Crippen LogP contribution < -0.4 is 5.73 Å². The molecule has 76 valence electrons. The molecule has 0 amide bonds. The molecular weight excluding hydrogens is 194 g/mol. The molecule has 0 fully saturated rings. The number of hydrogen-bond acceptors (Lipinski definition) is 5. The van der Waals surface area contributed by atoms with Gasteiger partial charge in [-0.05, 0) is 13.8 Å². The van der Waals surface area contributed by atoms with Gasteiger partial charge in [-0.2, -0.15) is 8.42 Å². The van der Waals surface area contributed by atoms with Crippen LogP contribution in [0.5, 0.6) is 0 Å². The Hall–Kier alpha value is -0.880. The van der Waals surface area contributed by atoms with Gasteiger partial charge in [-0.3, -0.25) is 0 Å². The summed E-state index contributed by atoms with van der Waals surface area (Å²) in [5.41, 5.74) is 5.21. The second kappa shape index (κ2) is 3.89. The van der Waals surface area contributed by atoms with Gasteiger partial charge in [0.2, 0.25) is 0 Å². The van der Waals surface area contributed by atoms with Crippen molar-refractivity contribution in [1.29, 1.82) is 0 Å². The molecular formula is C7H13NO4S. The smallest absolute Gasteiger partial charge is 0.341 e. The van der Waals surface area contributed by atoms with Crippen molar-refractivity contribution >= 4 is 16.1 Å². The molecule has 0 aliphatic carbocycles. The van der Waals surface area contributed by atoms with Crippen molar-refractivity contribution in [3.8, 4) is 0 Å². The molecule has 6 heteroatoms. The van der Waals surface area contributed by atoms with Gasteiger partial charge in [0, 0.05) is 12.6 Å². The Labute approximate surface area is 77.7 Å². The fourth-order valence-corrected chi connectivity index (χ4v) is 1.07. The Morgan fingerprint density at radius 2 is 2.08 bits per heavy atom. The van der Waals surface area contributed by atoms with Gasteiger partial charge in [0.05, 0.1) is 0 Å². The third-order valence-corrected chi connectivity index (χ3v) is 3.43. The summed E-state index contributed by atoms with van der Waals surface area (Å²) in [7, 11) is -3.97. The fourth-order valence-electron chi connectivity index (χ4n) is 0.357. The largest absolute Gasteiger partial charge is 0.345 e. The molecule has 0 aromatic heterocycles. The summed E-state index contributed by atoms with van der Waals surface area (Å²) >= 11 is 0. The van der Waals surface area contributed by atoms with Crippen LogP contribution in [0.15, 0.2) is 12.7 Å². The van der Waals surface area contributed by atoms with Crippen molar-refractivity contribution in [2.24, 2.45) is 5.73 Å². The summed E-state index contributed by atoms with van der Waals surface area (Å²) in [4.78, 5) is 10.6. The Morgan fingerprint density at radius 3 is 2.38 bits per heavy atom. The van der Waals surface area contributed by atoms with Crippen LogP contribution in [0.2, 0.25) is 0 Å². The van der Waals surface area contributed by atoms with Gasteiger partial charge >= 0.3 is 16.1 Å². The molecule has 0 heterocycles. The van der Waals surface area contributed by atoms with Crippen molar-refractivity contribution in [2.75, 3.05) is 6.54 Å². The van der Waals surface area contributed by atoms with Crippen molar-refractivity contribution in [3.63, 3.8) is 0 Å². The second-order valence-electron chi connectivity index (χ2n) is 3.02. The van der Waals surface area contributed by atoms with E-state index in [0.717, 1.165) is 6.08 Å². The Morgan fingerprint density at radius 1 is 1.62 bits per heavy atom. The van der Waals surface area contributed by atoms with Crippen molar-refractivity contribution in [3.05, 3.63) is 12.7 Å². The van der Waals surface area contributed by atoms with Crippen LogP contribution in [-0.4, -0.2) is 25.7 Å². The van der Waals surface area contributed by atoms with Gasteiger partial charge < -0.3 is 9.92 Å². The monoisotopic (exact) mass is 207 g/mol. The molecule has 0 spiro atoms. The molecule has 0 saturated heterocycles. The molecule has 0 aliphatic rings. The molecule has 0 rings (SSSR count). The average molecular weight is 207 g/mol. The minimum Gasteiger partial charge on any atom is -0.341 e. The second-order valence-corrected chi connectivity index (χ2v) is 5.20. The Bertz CT molecular complexity index is 304. The first kappa shape index (κ1) is 12.1. The zero-order valence-electron chi connectivity index (χ0n) is 7.61. The van der Waals surface area contributed by atoms with Gasteiger partial charge in [0.15, 0.2) is 0 Å². The molecule has 0 radical (unpaired) electrons. The first-order valence-corrected chi connectivity index (χ1v) is 4.98. The first-order chi connectivity index (χ1) is 5.77. The molecule has 0 aromatic rings. The van der Waals surface area contributed by atoms with Crippen LogP contribution in [0.1, 0.15) is 13.8 Å². The zero-order chi connectivity index (χ0) is 10.7. The van der Waals surface area contributed by atoms with E-state index in [1.807, 2.05) is 0 Å². The number of carbonyl (C=O) groups excluding carboxylic acids is 1. The molecule has 0 unspecified atom stereocenters. The average Bonchev–Trinajstić information content (AvgIpc) is 2.03. The highest BCUT2D eigenvalue weighted by molar-refractivity contribution is 7.88. The maximum atomic E-state index is 11.3. The standard InChI is InChI=1S/C7H13NO4S/c1-4-6(9)12-13(10,11)7(2,3)5-8/h4H,1,5,8H2,2-3H3. The van der Waals surface area contributed by atoms with Gasteiger partial charge in [0.25, 0.3) is 0 Å². The van der Waals surface area contributed by atoms with Crippen LogP contribution in [0.4, 0.5) is 0 Å². The van der Waals surface area contributed by atoms with Gasteiger partial charge in [-0.1, -0.05) is 6.58 Å². The third-order valence-electron chi connectivity index (χ3n) is 1.53. The van der Waals surface area contributed by atoms with E-state index in [1.54, 1.807) is 0 Å². The van der Waals surface area contributed by atoms with Crippen LogP contribution in [0.3, 0.4) is 0 Å². The molecule has 5 nitrogen and oxygen atoms in total. The molecule has 13 heavy (non-hydrogen) atoms. The quantitative estimate of drug-likeness (QED) is 0.509. The fraction of sp³-hybridized carbons (Fsp3) is 0.571. The highest BCUT2D eigenvalue weighted by Crippen LogP contribution is 2.16. The lowest BCUT2D eigenvalue weighted by atomic mass is 10.2. The van der Waals surface area contributed by atoms with E-state index in [9.17, 15) is 13.2 Å². The number of nitrogens with two attached hydrogens (primary N) is 1. The van der Waals surface area contributed by atoms with Crippen LogP contribution in [0.25, 0.3) is 0 Å². The van der Waals surface area contributed by atoms with Crippen molar-refractivity contribution in [1.82, 2.24) is 0 Å². The molecule has 0 aromatic carbocycles. The van der Waals surface area contributed by atoms with Crippen molar-refractivity contribution in [2.45, 2.75) is 18.6 Å². The van der Waals surface area contributed by atoms with E-state index in [1.165, 1.54) is 13.8 Å². The summed E-state index contributed by atoms with van der Waals surface area (Å²) in [5, 5.41) is 0. The van der Waals surface area contributed by atoms with E-state index in [-0.39, 0.29) is 6.54 Å². The van der Waals surface area contributed by atoms with Gasteiger partial charge in [-0.25, -0.2) is 4.79 Å². The van der Waals surface area contributed by atoms with E-state index in [4.69, 9.17) is 5.73 Å². The lowest BCUT2D eigenvalue weighted by molar-refractivity contribution is -0.128. The highest BCUT2D eigenvalue weighted by atomic mass is 32.2. The molecule has 0 atom stereocenters.